The fourth-order valence-corrected chi connectivity index (χ4v) is 3.39. The maximum Gasteiger partial charge on any atom is 0.231 e. The van der Waals surface area contributed by atoms with Crippen molar-refractivity contribution in [2.45, 2.75) is 6.54 Å². The van der Waals surface area contributed by atoms with Crippen molar-refractivity contribution in [3.8, 4) is 11.5 Å². The number of benzene rings is 2. The van der Waals surface area contributed by atoms with Crippen LogP contribution in [0, 0.1) is 5.82 Å². The van der Waals surface area contributed by atoms with Crippen molar-refractivity contribution in [1.82, 2.24) is 10.2 Å². The van der Waals surface area contributed by atoms with E-state index < -0.39 is 0 Å². The van der Waals surface area contributed by atoms with Crippen LogP contribution >= 0.6 is 24.0 Å². The van der Waals surface area contributed by atoms with E-state index in [4.69, 9.17) is 9.47 Å². The molecule has 0 bridgehead atoms. The number of anilines is 1. The van der Waals surface area contributed by atoms with Crippen LogP contribution in [0.2, 0.25) is 0 Å². The van der Waals surface area contributed by atoms with Crippen molar-refractivity contribution in [3.63, 3.8) is 0 Å². The molecular formula is C20H24FIN4O2. The predicted molar refractivity (Wildman–Crippen MR) is 118 cm³/mol. The molecule has 0 aliphatic carbocycles. The lowest BCUT2D eigenvalue weighted by atomic mass is 10.2. The van der Waals surface area contributed by atoms with Gasteiger partial charge in [0.05, 0.1) is 0 Å². The van der Waals surface area contributed by atoms with E-state index in [9.17, 15) is 4.39 Å². The van der Waals surface area contributed by atoms with Gasteiger partial charge in [-0.25, -0.2) is 4.39 Å². The lowest BCUT2D eigenvalue weighted by Crippen LogP contribution is -2.52. The van der Waals surface area contributed by atoms with E-state index in [0.717, 1.165) is 54.9 Å². The number of halogens is 2. The molecule has 2 heterocycles. The first kappa shape index (κ1) is 20.5. The van der Waals surface area contributed by atoms with Gasteiger partial charge in [0.25, 0.3) is 0 Å². The van der Waals surface area contributed by atoms with Gasteiger partial charge in [-0.05, 0) is 42.0 Å². The van der Waals surface area contributed by atoms with Gasteiger partial charge in [-0.3, -0.25) is 4.99 Å². The average molecular weight is 498 g/mol. The minimum Gasteiger partial charge on any atom is -0.454 e. The minimum absolute atomic E-state index is 0. The Morgan fingerprint density at radius 1 is 1.04 bits per heavy atom. The molecule has 0 spiro atoms. The Kier molecular flexibility index (Phi) is 6.82. The Bertz CT molecular complexity index is 823. The van der Waals surface area contributed by atoms with Crippen LogP contribution in [0.15, 0.2) is 47.5 Å². The molecule has 2 aliphatic heterocycles. The zero-order valence-electron chi connectivity index (χ0n) is 15.7. The summed E-state index contributed by atoms with van der Waals surface area (Å²) >= 11 is 0. The van der Waals surface area contributed by atoms with Crippen LogP contribution in [0.25, 0.3) is 0 Å². The smallest absolute Gasteiger partial charge is 0.231 e. The molecule has 1 fully saturated rings. The summed E-state index contributed by atoms with van der Waals surface area (Å²) in [6.07, 6.45) is 0. The number of ether oxygens (including phenoxy) is 2. The van der Waals surface area contributed by atoms with Crippen molar-refractivity contribution in [2.75, 3.05) is 44.9 Å². The fourth-order valence-electron chi connectivity index (χ4n) is 3.39. The molecule has 2 aliphatic rings. The van der Waals surface area contributed by atoms with Gasteiger partial charge in [-0.1, -0.05) is 6.07 Å². The summed E-state index contributed by atoms with van der Waals surface area (Å²) in [5.74, 6) is 2.26. The van der Waals surface area contributed by atoms with E-state index in [-0.39, 0.29) is 36.6 Å². The molecule has 4 rings (SSSR count). The van der Waals surface area contributed by atoms with Gasteiger partial charge in [0.15, 0.2) is 17.5 Å². The Morgan fingerprint density at radius 3 is 2.46 bits per heavy atom. The second-order valence-corrected chi connectivity index (χ2v) is 6.54. The van der Waals surface area contributed by atoms with Crippen LogP contribution in [0.5, 0.6) is 11.5 Å². The van der Waals surface area contributed by atoms with Gasteiger partial charge in [-0.15, -0.1) is 24.0 Å². The molecule has 1 N–H and O–H groups in total. The molecular weight excluding hydrogens is 474 g/mol. The number of guanidine groups is 1. The van der Waals surface area contributed by atoms with Crippen molar-refractivity contribution in [3.05, 3.63) is 53.8 Å². The summed E-state index contributed by atoms with van der Waals surface area (Å²) in [6.45, 7) is 4.41. The van der Waals surface area contributed by atoms with Crippen LogP contribution in [-0.4, -0.2) is 50.9 Å². The van der Waals surface area contributed by atoms with Crippen molar-refractivity contribution in [1.29, 1.82) is 0 Å². The van der Waals surface area contributed by atoms with Crippen molar-refractivity contribution in [2.24, 2.45) is 4.99 Å². The quantitative estimate of drug-likeness (QED) is 0.401. The lowest BCUT2D eigenvalue weighted by Gasteiger charge is -2.37. The molecule has 0 unspecified atom stereocenters. The van der Waals surface area contributed by atoms with E-state index in [1.165, 1.54) is 12.1 Å². The highest BCUT2D eigenvalue weighted by Crippen LogP contribution is 2.32. The van der Waals surface area contributed by atoms with E-state index in [1.54, 1.807) is 7.05 Å². The first-order chi connectivity index (χ1) is 13.2. The minimum atomic E-state index is -0.203. The number of hydrogen-bond acceptors (Lipinski definition) is 4. The first-order valence-corrected chi connectivity index (χ1v) is 9.07. The molecule has 8 heteroatoms. The molecule has 1 saturated heterocycles. The SMILES string of the molecule is CN=C(NCc1ccc2c(c1)OCO2)N1CCN(c2ccc(F)cc2)CC1.I. The van der Waals surface area contributed by atoms with Gasteiger partial charge in [0.1, 0.15) is 5.82 Å². The summed E-state index contributed by atoms with van der Waals surface area (Å²) in [7, 11) is 1.80. The second kappa shape index (κ2) is 9.31. The van der Waals surface area contributed by atoms with Crippen molar-refractivity contribution >= 4 is 35.6 Å². The monoisotopic (exact) mass is 498 g/mol. The van der Waals surface area contributed by atoms with Gasteiger partial charge >= 0.3 is 0 Å². The zero-order valence-corrected chi connectivity index (χ0v) is 18.1. The number of rotatable bonds is 3. The molecule has 0 atom stereocenters. The summed E-state index contributed by atoms with van der Waals surface area (Å²) < 4.78 is 23.9. The van der Waals surface area contributed by atoms with Gasteiger partial charge in [0, 0.05) is 45.5 Å². The normalized spacial score (nSPS) is 16.0. The molecule has 0 aromatic heterocycles. The van der Waals surface area contributed by atoms with Gasteiger partial charge in [-0.2, -0.15) is 0 Å². The summed E-state index contributed by atoms with van der Waals surface area (Å²) in [4.78, 5) is 8.92. The number of nitrogens with one attached hydrogen (secondary N) is 1. The summed E-state index contributed by atoms with van der Waals surface area (Å²) in [5.41, 5.74) is 2.17. The van der Waals surface area contributed by atoms with E-state index in [1.807, 2.05) is 30.3 Å². The van der Waals surface area contributed by atoms with Crippen molar-refractivity contribution < 1.29 is 13.9 Å². The summed E-state index contributed by atoms with van der Waals surface area (Å²) in [5, 5.41) is 3.42. The zero-order chi connectivity index (χ0) is 18.6. The number of nitrogens with zero attached hydrogens (tertiary/aromatic N) is 3. The molecule has 2 aromatic carbocycles. The molecule has 6 nitrogen and oxygen atoms in total. The van der Waals surface area contributed by atoms with Gasteiger partial charge < -0.3 is 24.6 Å². The molecule has 0 saturated carbocycles. The first-order valence-electron chi connectivity index (χ1n) is 9.07. The number of piperazine rings is 1. The molecule has 28 heavy (non-hydrogen) atoms. The second-order valence-electron chi connectivity index (χ2n) is 6.54. The Hall–Kier alpha value is -2.23. The predicted octanol–water partition coefficient (Wildman–Crippen LogP) is 3.07. The van der Waals surface area contributed by atoms with Crippen LogP contribution in [-0.2, 0) is 6.54 Å². The number of fused-ring (bicyclic) bond motifs is 1. The Balaban J connectivity index is 0.00000225. The van der Waals surface area contributed by atoms with Gasteiger partial charge in [0.2, 0.25) is 6.79 Å². The average Bonchev–Trinajstić information content (AvgIpc) is 3.17. The standard InChI is InChI=1S/C20H23FN4O2.HI/c1-22-20(23-13-15-2-7-18-19(12-15)27-14-26-18)25-10-8-24(9-11-25)17-5-3-16(21)4-6-17;/h2-7,12H,8-11,13-14H2,1H3,(H,22,23);1H. The highest BCUT2D eigenvalue weighted by molar-refractivity contribution is 14.0. The largest absolute Gasteiger partial charge is 0.454 e. The third kappa shape index (κ3) is 4.60. The highest BCUT2D eigenvalue weighted by Gasteiger charge is 2.20. The molecule has 2 aromatic rings. The maximum atomic E-state index is 13.1. The Morgan fingerprint density at radius 2 is 1.75 bits per heavy atom. The van der Waals surface area contributed by atoms with E-state index >= 15 is 0 Å². The Labute approximate surface area is 181 Å². The van der Waals surface area contributed by atoms with Crippen LogP contribution in [0.1, 0.15) is 5.56 Å². The van der Waals surface area contributed by atoms with Crippen LogP contribution < -0.4 is 19.7 Å². The van der Waals surface area contributed by atoms with E-state index in [2.05, 4.69) is 20.1 Å². The molecule has 0 amide bonds. The number of hydrogen-bond donors (Lipinski definition) is 1. The highest BCUT2D eigenvalue weighted by atomic mass is 127. The number of aliphatic imine (C=N–C) groups is 1. The molecule has 150 valence electrons. The van der Waals surface area contributed by atoms with E-state index in [0.29, 0.717) is 6.54 Å². The summed E-state index contributed by atoms with van der Waals surface area (Å²) in [6, 6.07) is 12.6. The molecule has 0 radical (unpaired) electrons. The fraction of sp³-hybridized carbons (Fsp3) is 0.350. The topological polar surface area (TPSA) is 49.3 Å². The van der Waals surface area contributed by atoms with Crippen LogP contribution in [0.3, 0.4) is 0 Å². The van der Waals surface area contributed by atoms with Crippen LogP contribution in [0.4, 0.5) is 10.1 Å². The third-order valence-electron chi connectivity index (χ3n) is 4.87. The lowest BCUT2D eigenvalue weighted by molar-refractivity contribution is 0.174. The third-order valence-corrected chi connectivity index (χ3v) is 4.87. The maximum absolute atomic E-state index is 13.1.